The number of carboxylic acids is 1. The predicted molar refractivity (Wildman–Crippen MR) is 93.6 cm³/mol. The summed E-state index contributed by atoms with van der Waals surface area (Å²) >= 11 is 12.3. The van der Waals surface area contributed by atoms with Crippen LogP contribution in [0.3, 0.4) is 0 Å². The fraction of sp³-hybridized carbons (Fsp3) is 0.176. The monoisotopic (exact) mass is 367 g/mol. The molecule has 0 aliphatic rings. The number of rotatable bonds is 5. The minimum absolute atomic E-state index is 0.104. The number of aromatic carboxylic acids is 1. The summed E-state index contributed by atoms with van der Waals surface area (Å²) in [5.41, 5.74) is 0.859. The van der Waals surface area contributed by atoms with Crippen LogP contribution in [0.2, 0.25) is 10.0 Å². The molecule has 0 aliphatic carbocycles. The highest BCUT2D eigenvalue weighted by Gasteiger charge is 2.15. The number of amides is 1. The minimum atomic E-state index is -1.04. The van der Waals surface area contributed by atoms with Gasteiger partial charge in [-0.2, -0.15) is 0 Å². The zero-order valence-corrected chi connectivity index (χ0v) is 14.5. The Hall–Kier alpha value is -2.24. The lowest BCUT2D eigenvalue weighted by atomic mass is 10.1. The maximum atomic E-state index is 12.3. The van der Waals surface area contributed by atoms with Gasteiger partial charge in [0.15, 0.2) is 5.75 Å². The number of ether oxygens (including phenoxy) is 1. The van der Waals surface area contributed by atoms with Gasteiger partial charge in [0.25, 0.3) is 5.91 Å². The number of carboxylic acid groups (broad SMARTS) is 1. The molecule has 0 spiro atoms. The maximum Gasteiger partial charge on any atom is 0.335 e. The molecule has 5 nitrogen and oxygen atoms in total. The van der Waals surface area contributed by atoms with E-state index in [2.05, 4.69) is 5.32 Å². The topological polar surface area (TPSA) is 75.6 Å². The second kappa shape index (κ2) is 7.55. The van der Waals surface area contributed by atoms with Gasteiger partial charge in [0, 0.05) is 11.3 Å². The highest BCUT2D eigenvalue weighted by Crippen LogP contribution is 2.35. The SMILES string of the molecule is CC(C)Oc1c(Cl)cc(C(=O)Nc2ccc(C(=O)O)cc2)cc1Cl. The van der Waals surface area contributed by atoms with E-state index in [0.29, 0.717) is 11.4 Å². The van der Waals surface area contributed by atoms with Crippen LogP contribution in [-0.4, -0.2) is 23.1 Å². The van der Waals surface area contributed by atoms with E-state index in [1.165, 1.54) is 36.4 Å². The average Bonchev–Trinajstić information content (AvgIpc) is 2.51. The van der Waals surface area contributed by atoms with Crippen molar-refractivity contribution in [1.29, 1.82) is 0 Å². The average molecular weight is 368 g/mol. The van der Waals surface area contributed by atoms with E-state index in [9.17, 15) is 9.59 Å². The van der Waals surface area contributed by atoms with Gasteiger partial charge in [0.2, 0.25) is 0 Å². The Balaban J connectivity index is 2.19. The Bertz CT molecular complexity index is 750. The largest absolute Gasteiger partial charge is 0.488 e. The lowest BCUT2D eigenvalue weighted by Crippen LogP contribution is -2.13. The van der Waals surface area contributed by atoms with Crippen LogP contribution >= 0.6 is 23.2 Å². The Kier molecular flexibility index (Phi) is 5.70. The third-order valence-corrected chi connectivity index (χ3v) is 3.57. The van der Waals surface area contributed by atoms with Gasteiger partial charge in [-0.15, -0.1) is 0 Å². The summed E-state index contributed by atoms with van der Waals surface area (Å²) in [5.74, 6) is -1.12. The maximum absolute atomic E-state index is 12.3. The van der Waals surface area contributed by atoms with Crippen molar-refractivity contribution in [2.45, 2.75) is 20.0 Å². The Labute approximate surface area is 149 Å². The summed E-state index contributed by atoms with van der Waals surface area (Å²) < 4.78 is 5.51. The third kappa shape index (κ3) is 4.40. The van der Waals surface area contributed by atoms with Gasteiger partial charge < -0.3 is 15.2 Å². The van der Waals surface area contributed by atoms with E-state index in [1.807, 2.05) is 13.8 Å². The number of hydrogen-bond donors (Lipinski definition) is 2. The first-order chi connectivity index (χ1) is 11.3. The van der Waals surface area contributed by atoms with Crippen molar-refractivity contribution >= 4 is 40.8 Å². The summed E-state index contributed by atoms with van der Waals surface area (Å²) in [6.45, 7) is 3.68. The molecule has 24 heavy (non-hydrogen) atoms. The molecule has 2 N–H and O–H groups in total. The first-order valence-corrected chi connectivity index (χ1v) is 7.84. The van der Waals surface area contributed by atoms with Crippen LogP contribution in [0, 0.1) is 0 Å². The van der Waals surface area contributed by atoms with Crippen LogP contribution in [-0.2, 0) is 0 Å². The van der Waals surface area contributed by atoms with Crippen molar-refractivity contribution in [3.05, 3.63) is 57.6 Å². The van der Waals surface area contributed by atoms with Crippen LogP contribution in [0.15, 0.2) is 36.4 Å². The molecule has 7 heteroatoms. The van der Waals surface area contributed by atoms with Gasteiger partial charge in [-0.1, -0.05) is 23.2 Å². The van der Waals surface area contributed by atoms with E-state index in [0.717, 1.165) is 0 Å². The first-order valence-electron chi connectivity index (χ1n) is 7.08. The molecule has 0 fully saturated rings. The summed E-state index contributed by atoms with van der Waals surface area (Å²) in [6.07, 6.45) is -0.104. The molecule has 0 heterocycles. The van der Waals surface area contributed by atoms with Gasteiger partial charge in [-0.05, 0) is 50.2 Å². The van der Waals surface area contributed by atoms with Gasteiger partial charge in [0.1, 0.15) is 0 Å². The second-order valence-electron chi connectivity index (χ2n) is 5.27. The van der Waals surface area contributed by atoms with Gasteiger partial charge in [-0.3, -0.25) is 4.79 Å². The number of carbonyl (C=O) groups excluding carboxylic acids is 1. The highest BCUT2D eigenvalue weighted by molar-refractivity contribution is 6.37. The van der Waals surface area contributed by atoms with Crippen LogP contribution in [0.5, 0.6) is 5.75 Å². The number of hydrogen-bond acceptors (Lipinski definition) is 3. The number of benzene rings is 2. The van der Waals surface area contributed by atoms with E-state index in [-0.39, 0.29) is 27.3 Å². The molecule has 0 saturated carbocycles. The van der Waals surface area contributed by atoms with E-state index < -0.39 is 11.9 Å². The normalized spacial score (nSPS) is 10.5. The van der Waals surface area contributed by atoms with E-state index in [4.69, 9.17) is 33.0 Å². The van der Waals surface area contributed by atoms with Crippen molar-refractivity contribution < 1.29 is 19.4 Å². The number of carbonyl (C=O) groups is 2. The second-order valence-corrected chi connectivity index (χ2v) is 6.09. The minimum Gasteiger partial charge on any atom is -0.488 e. The fourth-order valence-corrected chi connectivity index (χ4v) is 2.51. The predicted octanol–water partition coefficient (Wildman–Crippen LogP) is 4.73. The number of anilines is 1. The Morgan fingerprint density at radius 2 is 1.58 bits per heavy atom. The Morgan fingerprint density at radius 3 is 2.04 bits per heavy atom. The number of nitrogens with one attached hydrogen (secondary N) is 1. The summed E-state index contributed by atoms with van der Waals surface area (Å²) in [4.78, 5) is 23.1. The van der Waals surface area contributed by atoms with Crippen LogP contribution < -0.4 is 10.1 Å². The summed E-state index contributed by atoms with van der Waals surface area (Å²) in [6, 6.07) is 8.73. The summed E-state index contributed by atoms with van der Waals surface area (Å²) in [7, 11) is 0. The molecule has 126 valence electrons. The van der Waals surface area contributed by atoms with Crippen molar-refractivity contribution in [3.8, 4) is 5.75 Å². The van der Waals surface area contributed by atoms with Crippen molar-refractivity contribution in [2.75, 3.05) is 5.32 Å². The van der Waals surface area contributed by atoms with Gasteiger partial charge >= 0.3 is 5.97 Å². The van der Waals surface area contributed by atoms with Crippen molar-refractivity contribution in [1.82, 2.24) is 0 Å². The molecule has 0 unspecified atom stereocenters. The lowest BCUT2D eigenvalue weighted by Gasteiger charge is -2.14. The standard InChI is InChI=1S/C17H15Cl2NO4/c1-9(2)24-15-13(18)7-11(8-14(15)19)16(21)20-12-5-3-10(4-6-12)17(22)23/h3-9H,1-2H3,(H,20,21)(H,22,23). The highest BCUT2D eigenvalue weighted by atomic mass is 35.5. The molecule has 0 radical (unpaired) electrons. The smallest absolute Gasteiger partial charge is 0.335 e. The zero-order chi connectivity index (χ0) is 17.9. The molecule has 2 rings (SSSR count). The third-order valence-electron chi connectivity index (χ3n) is 3.00. The van der Waals surface area contributed by atoms with Crippen molar-refractivity contribution in [3.63, 3.8) is 0 Å². The molecular formula is C17H15Cl2NO4. The molecule has 0 aliphatic heterocycles. The van der Waals surface area contributed by atoms with Crippen LogP contribution in [0.25, 0.3) is 0 Å². The molecule has 1 amide bonds. The van der Waals surface area contributed by atoms with Crippen LogP contribution in [0.4, 0.5) is 5.69 Å². The summed E-state index contributed by atoms with van der Waals surface area (Å²) in [5, 5.41) is 12.0. The Morgan fingerprint density at radius 1 is 1.04 bits per heavy atom. The number of halogens is 2. The lowest BCUT2D eigenvalue weighted by molar-refractivity contribution is 0.0696. The van der Waals surface area contributed by atoms with E-state index in [1.54, 1.807) is 0 Å². The first kappa shape index (κ1) is 18.1. The molecule has 0 aromatic heterocycles. The molecule has 2 aromatic carbocycles. The molecule has 2 aromatic rings. The fourth-order valence-electron chi connectivity index (χ4n) is 1.94. The molecule has 0 atom stereocenters. The zero-order valence-electron chi connectivity index (χ0n) is 13.0. The molecule has 0 bridgehead atoms. The van der Waals surface area contributed by atoms with Gasteiger partial charge in [-0.25, -0.2) is 4.79 Å². The van der Waals surface area contributed by atoms with Gasteiger partial charge in [0.05, 0.1) is 21.7 Å². The van der Waals surface area contributed by atoms with Crippen LogP contribution in [0.1, 0.15) is 34.6 Å². The van der Waals surface area contributed by atoms with Crippen molar-refractivity contribution in [2.24, 2.45) is 0 Å². The van der Waals surface area contributed by atoms with E-state index >= 15 is 0 Å². The molecular weight excluding hydrogens is 353 g/mol. The molecule has 0 saturated heterocycles. The quantitative estimate of drug-likeness (QED) is 0.800.